The number of hydrogen-bond donors (Lipinski definition) is 1. The van der Waals surface area contributed by atoms with Crippen molar-refractivity contribution in [3.05, 3.63) is 65.2 Å². The molecule has 22 heavy (non-hydrogen) atoms. The van der Waals surface area contributed by atoms with Gasteiger partial charge in [0.25, 0.3) is 0 Å². The van der Waals surface area contributed by atoms with Crippen LogP contribution in [-0.2, 0) is 9.59 Å². The number of anilines is 1. The first-order chi connectivity index (χ1) is 10.6. The van der Waals surface area contributed by atoms with Gasteiger partial charge in [-0.05, 0) is 18.6 Å². The molecule has 4 heteroatoms. The van der Waals surface area contributed by atoms with Gasteiger partial charge in [0.1, 0.15) is 6.54 Å². The summed E-state index contributed by atoms with van der Waals surface area (Å²) < 4.78 is 0. The van der Waals surface area contributed by atoms with E-state index in [2.05, 4.69) is 5.32 Å². The fraction of sp³-hybridized carbons (Fsp3) is 0.222. The molecule has 0 saturated heterocycles. The molecule has 1 aliphatic heterocycles. The summed E-state index contributed by atoms with van der Waals surface area (Å²) >= 11 is 0. The van der Waals surface area contributed by atoms with Crippen LogP contribution in [0, 0.1) is 6.92 Å². The summed E-state index contributed by atoms with van der Waals surface area (Å²) in [5.41, 5.74) is 3.82. The highest BCUT2D eigenvalue weighted by molar-refractivity contribution is 5.96. The van der Waals surface area contributed by atoms with E-state index < -0.39 is 0 Å². The summed E-state index contributed by atoms with van der Waals surface area (Å²) in [6, 6.07) is 15.5. The second-order valence-corrected chi connectivity index (χ2v) is 5.60. The Hall–Kier alpha value is -2.62. The van der Waals surface area contributed by atoms with E-state index in [0.29, 0.717) is 0 Å². The Labute approximate surface area is 129 Å². The number of fused-ring (bicyclic) bond motifs is 1. The SMILES string of the molecule is CC(=O)N1CC(=O)Nc2ccc(C)cc2[C@H]1c1ccccc1. The molecule has 1 atom stereocenters. The van der Waals surface area contributed by atoms with Gasteiger partial charge < -0.3 is 10.2 Å². The quantitative estimate of drug-likeness (QED) is 0.879. The van der Waals surface area contributed by atoms with Crippen LogP contribution in [0.2, 0.25) is 0 Å². The standard InChI is InChI=1S/C18H18N2O2/c1-12-8-9-16-15(10-12)18(14-6-4-3-5-7-14)20(13(2)21)11-17(22)19-16/h3-10,18H,11H2,1-2H3,(H,19,22)/t18-/m1/s1. The number of rotatable bonds is 1. The van der Waals surface area contributed by atoms with Crippen LogP contribution in [0.15, 0.2) is 48.5 Å². The number of nitrogens with one attached hydrogen (secondary N) is 1. The minimum absolute atomic E-state index is 0.0582. The van der Waals surface area contributed by atoms with E-state index in [4.69, 9.17) is 0 Å². The number of carbonyl (C=O) groups is 2. The summed E-state index contributed by atoms with van der Waals surface area (Å²) in [7, 11) is 0. The lowest BCUT2D eigenvalue weighted by Gasteiger charge is -2.29. The number of benzene rings is 2. The van der Waals surface area contributed by atoms with E-state index in [1.165, 1.54) is 6.92 Å². The maximum atomic E-state index is 12.1. The molecule has 0 aliphatic carbocycles. The van der Waals surface area contributed by atoms with Gasteiger partial charge in [0.05, 0.1) is 6.04 Å². The minimum atomic E-state index is -0.257. The third-order valence-corrected chi connectivity index (χ3v) is 3.92. The molecule has 3 rings (SSSR count). The van der Waals surface area contributed by atoms with E-state index in [-0.39, 0.29) is 24.4 Å². The monoisotopic (exact) mass is 294 g/mol. The van der Waals surface area contributed by atoms with Crippen LogP contribution in [-0.4, -0.2) is 23.3 Å². The Morgan fingerprint density at radius 1 is 1.18 bits per heavy atom. The van der Waals surface area contributed by atoms with Gasteiger partial charge in [-0.1, -0.05) is 48.0 Å². The molecule has 0 unspecified atom stereocenters. The van der Waals surface area contributed by atoms with Crippen LogP contribution in [0.3, 0.4) is 0 Å². The van der Waals surface area contributed by atoms with Gasteiger partial charge in [-0.2, -0.15) is 0 Å². The van der Waals surface area contributed by atoms with Crippen molar-refractivity contribution in [2.45, 2.75) is 19.9 Å². The highest BCUT2D eigenvalue weighted by Gasteiger charge is 2.31. The van der Waals surface area contributed by atoms with Crippen molar-refractivity contribution in [3.8, 4) is 0 Å². The molecule has 4 nitrogen and oxygen atoms in total. The van der Waals surface area contributed by atoms with Gasteiger partial charge in [0, 0.05) is 18.2 Å². The highest BCUT2D eigenvalue weighted by Crippen LogP contribution is 2.36. The Morgan fingerprint density at radius 2 is 1.91 bits per heavy atom. The molecule has 0 fully saturated rings. The smallest absolute Gasteiger partial charge is 0.244 e. The second kappa shape index (κ2) is 5.64. The van der Waals surface area contributed by atoms with Gasteiger partial charge in [-0.15, -0.1) is 0 Å². The number of carbonyl (C=O) groups excluding carboxylic acids is 2. The number of amides is 2. The molecule has 1 N–H and O–H groups in total. The van der Waals surface area contributed by atoms with Crippen molar-refractivity contribution in [2.24, 2.45) is 0 Å². The summed E-state index contributed by atoms with van der Waals surface area (Å²) in [5, 5.41) is 2.90. The summed E-state index contributed by atoms with van der Waals surface area (Å²) in [6.45, 7) is 3.57. The third kappa shape index (κ3) is 2.60. The molecule has 112 valence electrons. The fourth-order valence-electron chi connectivity index (χ4n) is 2.91. The van der Waals surface area contributed by atoms with E-state index in [9.17, 15) is 9.59 Å². The number of hydrogen-bond acceptors (Lipinski definition) is 2. The zero-order valence-corrected chi connectivity index (χ0v) is 12.7. The Bertz CT molecular complexity index is 725. The maximum absolute atomic E-state index is 12.1. The zero-order valence-electron chi connectivity index (χ0n) is 12.7. The van der Waals surface area contributed by atoms with Crippen molar-refractivity contribution in [1.29, 1.82) is 0 Å². The number of nitrogens with zero attached hydrogens (tertiary/aromatic N) is 1. The summed E-state index contributed by atoms with van der Waals surface area (Å²) in [5.74, 6) is -0.280. The first-order valence-corrected chi connectivity index (χ1v) is 7.29. The van der Waals surface area contributed by atoms with Crippen LogP contribution in [0.1, 0.15) is 29.7 Å². The van der Waals surface area contributed by atoms with Crippen molar-refractivity contribution in [1.82, 2.24) is 4.90 Å². The molecule has 2 amide bonds. The Balaban J connectivity index is 2.22. The van der Waals surface area contributed by atoms with E-state index in [1.54, 1.807) is 4.90 Å². The van der Waals surface area contributed by atoms with Crippen LogP contribution >= 0.6 is 0 Å². The molecular formula is C18H18N2O2. The molecule has 2 aromatic rings. The van der Waals surface area contributed by atoms with Gasteiger partial charge in [0.2, 0.25) is 11.8 Å². The van der Waals surface area contributed by atoms with E-state index >= 15 is 0 Å². The summed E-state index contributed by atoms with van der Waals surface area (Å²) in [6.07, 6.45) is 0. The molecule has 0 spiro atoms. The lowest BCUT2D eigenvalue weighted by atomic mass is 9.94. The molecule has 1 aliphatic rings. The van der Waals surface area contributed by atoms with Crippen LogP contribution in [0.4, 0.5) is 5.69 Å². The minimum Gasteiger partial charge on any atom is -0.324 e. The molecule has 0 bridgehead atoms. The first kappa shape index (κ1) is 14.3. The molecule has 0 aromatic heterocycles. The van der Waals surface area contributed by atoms with Crippen molar-refractivity contribution in [2.75, 3.05) is 11.9 Å². The lowest BCUT2D eigenvalue weighted by Crippen LogP contribution is -2.37. The average molecular weight is 294 g/mol. The number of aryl methyl sites for hydroxylation is 1. The normalized spacial score (nSPS) is 17.5. The third-order valence-electron chi connectivity index (χ3n) is 3.92. The van der Waals surface area contributed by atoms with Crippen LogP contribution < -0.4 is 5.32 Å². The second-order valence-electron chi connectivity index (χ2n) is 5.60. The molecule has 0 saturated carbocycles. The largest absolute Gasteiger partial charge is 0.324 e. The van der Waals surface area contributed by atoms with E-state index in [0.717, 1.165) is 22.4 Å². The average Bonchev–Trinajstić information content (AvgIpc) is 2.64. The van der Waals surface area contributed by atoms with Gasteiger partial charge in [-0.3, -0.25) is 9.59 Å². The highest BCUT2D eigenvalue weighted by atomic mass is 16.2. The molecular weight excluding hydrogens is 276 g/mol. The van der Waals surface area contributed by atoms with Gasteiger partial charge >= 0.3 is 0 Å². The Morgan fingerprint density at radius 3 is 2.59 bits per heavy atom. The van der Waals surface area contributed by atoms with E-state index in [1.807, 2.05) is 55.5 Å². The van der Waals surface area contributed by atoms with Crippen molar-refractivity contribution in [3.63, 3.8) is 0 Å². The van der Waals surface area contributed by atoms with Crippen LogP contribution in [0.5, 0.6) is 0 Å². The van der Waals surface area contributed by atoms with Crippen molar-refractivity contribution >= 4 is 17.5 Å². The fourth-order valence-corrected chi connectivity index (χ4v) is 2.91. The van der Waals surface area contributed by atoms with Crippen molar-refractivity contribution < 1.29 is 9.59 Å². The predicted octanol–water partition coefficient (Wildman–Crippen LogP) is 2.89. The topological polar surface area (TPSA) is 49.4 Å². The first-order valence-electron chi connectivity index (χ1n) is 7.29. The summed E-state index contributed by atoms with van der Waals surface area (Å²) in [4.78, 5) is 25.9. The van der Waals surface area contributed by atoms with Crippen LogP contribution in [0.25, 0.3) is 0 Å². The molecule has 0 radical (unpaired) electrons. The lowest BCUT2D eigenvalue weighted by molar-refractivity contribution is -0.134. The van der Waals surface area contributed by atoms with Gasteiger partial charge in [0.15, 0.2) is 0 Å². The van der Waals surface area contributed by atoms with Gasteiger partial charge in [-0.25, -0.2) is 0 Å². The molecule has 1 heterocycles. The zero-order chi connectivity index (χ0) is 15.7. The predicted molar refractivity (Wildman–Crippen MR) is 85.5 cm³/mol. The Kier molecular flexibility index (Phi) is 3.67. The maximum Gasteiger partial charge on any atom is 0.244 e. The molecule has 2 aromatic carbocycles.